The number of benzene rings is 2. The van der Waals surface area contributed by atoms with Crippen molar-refractivity contribution in [1.29, 1.82) is 0 Å². The third kappa shape index (κ3) is 5.35. The first-order chi connectivity index (χ1) is 16.4. The molecule has 1 saturated heterocycles. The molecule has 3 aromatic rings. The molecule has 1 aromatic heterocycles. The average Bonchev–Trinajstić information content (AvgIpc) is 3.28. The van der Waals surface area contributed by atoms with E-state index in [4.69, 9.17) is 4.74 Å². The second kappa shape index (κ2) is 10.5. The molecular weight excluding hydrogens is 452 g/mol. The second-order valence-corrected chi connectivity index (χ2v) is 10.4. The average molecular weight is 483 g/mol. The number of piperazine rings is 1. The van der Waals surface area contributed by atoms with Crippen LogP contribution in [0.25, 0.3) is 0 Å². The predicted molar refractivity (Wildman–Crippen MR) is 129 cm³/mol. The van der Waals surface area contributed by atoms with E-state index in [-0.39, 0.29) is 16.8 Å². The van der Waals surface area contributed by atoms with Gasteiger partial charge in [-0.2, -0.15) is 0 Å². The monoisotopic (exact) mass is 482 g/mol. The number of methoxy groups -OCH3 is 1. The lowest BCUT2D eigenvalue weighted by Gasteiger charge is -2.38. The van der Waals surface area contributed by atoms with Crippen molar-refractivity contribution >= 4 is 9.84 Å². The van der Waals surface area contributed by atoms with E-state index in [2.05, 4.69) is 31.9 Å². The molecule has 0 spiro atoms. The fourth-order valence-corrected chi connectivity index (χ4v) is 5.38. The number of rotatable bonds is 9. The zero-order chi connectivity index (χ0) is 24.1. The van der Waals surface area contributed by atoms with Crippen LogP contribution in [0.5, 0.6) is 5.75 Å². The topological polar surface area (TPSA) is 93.4 Å². The summed E-state index contributed by atoms with van der Waals surface area (Å²) < 4.78 is 33.0. The summed E-state index contributed by atoms with van der Waals surface area (Å²) in [7, 11) is -2.01. The van der Waals surface area contributed by atoms with Gasteiger partial charge in [0.2, 0.25) is 0 Å². The largest absolute Gasteiger partial charge is 0.497 e. The highest BCUT2D eigenvalue weighted by atomic mass is 32.2. The molecule has 0 bridgehead atoms. The molecule has 1 unspecified atom stereocenters. The summed E-state index contributed by atoms with van der Waals surface area (Å²) >= 11 is 0. The number of ether oxygens (including phenoxy) is 1. The van der Waals surface area contributed by atoms with E-state index in [0.29, 0.717) is 5.82 Å². The highest BCUT2D eigenvalue weighted by Crippen LogP contribution is 2.30. The Hall–Kier alpha value is -3.08. The molecule has 9 nitrogen and oxygen atoms in total. The van der Waals surface area contributed by atoms with Gasteiger partial charge in [-0.25, -0.2) is 13.1 Å². The Bertz CT molecular complexity index is 1200. The van der Waals surface area contributed by atoms with Crippen LogP contribution in [0.15, 0.2) is 66.1 Å². The SMILES string of the molecule is C=CCN1CCN(C(c2ccc(OC)cc2)c2nnnn2CS(=O)(=O)c2ccc(C)cc2)CC1. The van der Waals surface area contributed by atoms with Crippen LogP contribution in [0.1, 0.15) is 23.0 Å². The molecule has 10 heteroatoms. The second-order valence-electron chi connectivity index (χ2n) is 8.39. The molecular formula is C24H30N6O3S. The number of aryl methyl sites for hydroxylation is 1. The minimum absolute atomic E-state index is 0.249. The van der Waals surface area contributed by atoms with Gasteiger partial charge in [0.25, 0.3) is 0 Å². The van der Waals surface area contributed by atoms with Crippen molar-refractivity contribution < 1.29 is 13.2 Å². The summed E-state index contributed by atoms with van der Waals surface area (Å²) in [5, 5.41) is 12.2. The van der Waals surface area contributed by atoms with Gasteiger partial charge in [0, 0.05) is 32.7 Å². The van der Waals surface area contributed by atoms with Crippen molar-refractivity contribution in [3.05, 3.63) is 78.1 Å². The minimum Gasteiger partial charge on any atom is -0.497 e. The first-order valence-electron chi connectivity index (χ1n) is 11.2. The maximum atomic E-state index is 13.1. The Morgan fingerprint density at radius 1 is 1.06 bits per heavy atom. The number of tetrazole rings is 1. The number of sulfone groups is 1. The van der Waals surface area contributed by atoms with E-state index >= 15 is 0 Å². The van der Waals surface area contributed by atoms with Gasteiger partial charge < -0.3 is 4.74 Å². The normalized spacial score (nSPS) is 16.3. The molecule has 0 N–H and O–H groups in total. The summed E-state index contributed by atoms with van der Waals surface area (Å²) in [5.74, 6) is 0.916. The lowest BCUT2D eigenvalue weighted by Crippen LogP contribution is -2.48. The van der Waals surface area contributed by atoms with Gasteiger partial charge in [-0.1, -0.05) is 35.9 Å². The van der Waals surface area contributed by atoms with E-state index in [1.165, 1.54) is 4.68 Å². The van der Waals surface area contributed by atoms with Crippen molar-refractivity contribution in [2.75, 3.05) is 39.8 Å². The molecule has 2 heterocycles. The van der Waals surface area contributed by atoms with E-state index in [1.54, 1.807) is 31.4 Å². The summed E-state index contributed by atoms with van der Waals surface area (Å²) in [6.45, 7) is 9.94. The van der Waals surface area contributed by atoms with E-state index < -0.39 is 9.84 Å². The number of aromatic nitrogens is 4. The quantitative estimate of drug-likeness (QED) is 0.429. The zero-order valence-corrected chi connectivity index (χ0v) is 20.4. The summed E-state index contributed by atoms with van der Waals surface area (Å²) in [4.78, 5) is 4.88. The van der Waals surface area contributed by atoms with Gasteiger partial charge in [0.15, 0.2) is 21.5 Å². The van der Waals surface area contributed by atoms with E-state index in [1.807, 2.05) is 37.3 Å². The maximum Gasteiger partial charge on any atom is 0.198 e. The van der Waals surface area contributed by atoms with Crippen LogP contribution < -0.4 is 4.74 Å². The highest BCUT2D eigenvalue weighted by Gasteiger charge is 2.31. The van der Waals surface area contributed by atoms with Crippen LogP contribution in [0.4, 0.5) is 0 Å². The smallest absolute Gasteiger partial charge is 0.198 e. The predicted octanol–water partition coefficient (Wildman–Crippen LogP) is 2.31. The molecule has 0 saturated carbocycles. The fraction of sp³-hybridized carbons (Fsp3) is 0.375. The number of hydrogen-bond acceptors (Lipinski definition) is 8. The molecule has 2 aromatic carbocycles. The van der Waals surface area contributed by atoms with Crippen molar-refractivity contribution in [3.63, 3.8) is 0 Å². The van der Waals surface area contributed by atoms with Gasteiger partial charge in [-0.3, -0.25) is 9.80 Å². The Morgan fingerprint density at radius 2 is 1.74 bits per heavy atom. The van der Waals surface area contributed by atoms with Gasteiger partial charge in [0.05, 0.1) is 18.0 Å². The molecule has 1 aliphatic rings. The van der Waals surface area contributed by atoms with Crippen LogP contribution >= 0.6 is 0 Å². The molecule has 1 atom stereocenters. The standard InChI is InChI=1S/C24H30N6O3S/c1-4-13-28-14-16-29(17-15-28)23(20-7-9-21(33-3)10-8-20)24-25-26-27-30(24)18-34(31,32)22-11-5-19(2)6-12-22/h4-12,23H,1,13-18H2,2-3H3. The fourth-order valence-electron chi connectivity index (χ4n) is 4.18. The molecule has 34 heavy (non-hydrogen) atoms. The van der Waals surface area contributed by atoms with E-state index in [9.17, 15) is 8.42 Å². The Kier molecular flexibility index (Phi) is 7.40. The zero-order valence-electron chi connectivity index (χ0n) is 19.5. The molecule has 0 radical (unpaired) electrons. The van der Waals surface area contributed by atoms with Crippen molar-refractivity contribution in [3.8, 4) is 5.75 Å². The maximum absolute atomic E-state index is 13.1. The van der Waals surface area contributed by atoms with Crippen molar-refractivity contribution in [2.24, 2.45) is 0 Å². The van der Waals surface area contributed by atoms with Crippen LogP contribution in [0.2, 0.25) is 0 Å². The van der Waals surface area contributed by atoms with Crippen molar-refractivity contribution in [2.45, 2.75) is 23.7 Å². The first kappa shape index (κ1) is 24.1. The first-order valence-corrected chi connectivity index (χ1v) is 12.8. The highest BCUT2D eigenvalue weighted by molar-refractivity contribution is 7.90. The van der Waals surface area contributed by atoms with E-state index in [0.717, 1.165) is 49.6 Å². The minimum atomic E-state index is -3.63. The summed E-state index contributed by atoms with van der Waals surface area (Å²) in [5.41, 5.74) is 1.97. The molecule has 1 fully saturated rings. The number of nitrogens with zero attached hydrogens (tertiary/aromatic N) is 6. The third-order valence-corrected chi connectivity index (χ3v) is 7.64. The molecule has 1 aliphatic heterocycles. The number of hydrogen-bond donors (Lipinski definition) is 0. The molecule has 4 rings (SSSR count). The Labute approximate surface area is 200 Å². The summed E-state index contributed by atoms with van der Waals surface area (Å²) in [6.07, 6.45) is 1.91. The lowest BCUT2D eigenvalue weighted by molar-refractivity contribution is 0.113. The van der Waals surface area contributed by atoms with Crippen LogP contribution in [0, 0.1) is 6.92 Å². The van der Waals surface area contributed by atoms with Gasteiger partial charge in [0.1, 0.15) is 5.75 Å². The molecule has 180 valence electrons. The summed E-state index contributed by atoms with van der Waals surface area (Å²) in [6, 6.07) is 14.3. The van der Waals surface area contributed by atoms with Crippen LogP contribution in [-0.4, -0.2) is 78.3 Å². The van der Waals surface area contributed by atoms with Gasteiger partial charge >= 0.3 is 0 Å². The van der Waals surface area contributed by atoms with Crippen LogP contribution in [0.3, 0.4) is 0 Å². The Balaban J connectivity index is 1.66. The van der Waals surface area contributed by atoms with Gasteiger partial charge in [-0.15, -0.1) is 11.7 Å². The van der Waals surface area contributed by atoms with Gasteiger partial charge in [-0.05, 0) is 47.2 Å². The van der Waals surface area contributed by atoms with Crippen molar-refractivity contribution in [1.82, 2.24) is 30.0 Å². The van der Waals surface area contributed by atoms with Crippen LogP contribution in [-0.2, 0) is 15.7 Å². The Morgan fingerprint density at radius 3 is 2.35 bits per heavy atom. The molecule has 0 amide bonds. The molecule has 0 aliphatic carbocycles. The lowest BCUT2D eigenvalue weighted by atomic mass is 10.0. The third-order valence-electron chi connectivity index (χ3n) is 6.07.